The van der Waals surface area contributed by atoms with Gasteiger partial charge in [-0.3, -0.25) is 9.59 Å². The number of esters is 1. The lowest BCUT2D eigenvalue weighted by molar-refractivity contribution is -0.151. The maximum atomic E-state index is 13.2. The van der Waals surface area contributed by atoms with Gasteiger partial charge in [0.15, 0.2) is 0 Å². The van der Waals surface area contributed by atoms with Crippen molar-refractivity contribution in [1.82, 2.24) is 5.32 Å². The molecule has 0 aromatic rings. The van der Waals surface area contributed by atoms with Crippen molar-refractivity contribution in [1.29, 1.82) is 0 Å². The Hall–Kier alpha value is -3.22. The van der Waals surface area contributed by atoms with Gasteiger partial charge in [-0.1, -0.05) is 227 Å². The van der Waals surface area contributed by atoms with Gasteiger partial charge in [0, 0.05) is 6.42 Å². The van der Waals surface area contributed by atoms with Crippen LogP contribution >= 0.6 is 0 Å². The van der Waals surface area contributed by atoms with Crippen LogP contribution in [0.25, 0.3) is 0 Å². The highest BCUT2D eigenvalue weighted by molar-refractivity contribution is 5.77. The van der Waals surface area contributed by atoms with Crippen LogP contribution in [0.1, 0.15) is 233 Å². The van der Waals surface area contributed by atoms with Crippen LogP contribution in [-0.2, 0) is 14.3 Å². The van der Waals surface area contributed by atoms with Crippen molar-refractivity contribution < 1.29 is 24.5 Å². The Morgan fingerprint density at radius 3 is 1.45 bits per heavy atom. The van der Waals surface area contributed by atoms with Gasteiger partial charge in [-0.05, 0) is 89.9 Å². The van der Waals surface area contributed by atoms with E-state index in [9.17, 15) is 19.8 Å². The third-order valence-corrected chi connectivity index (χ3v) is 11.5. The predicted molar refractivity (Wildman–Crippen MR) is 277 cm³/mol. The number of aliphatic hydroxyl groups excluding tert-OH is 2. The minimum atomic E-state index is -0.805. The number of hydrogen-bond acceptors (Lipinski definition) is 5. The summed E-state index contributed by atoms with van der Waals surface area (Å²) >= 11 is 0. The lowest BCUT2D eigenvalue weighted by Crippen LogP contribution is -2.46. The third-order valence-electron chi connectivity index (χ3n) is 11.5. The summed E-state index contributed by atoms with van der Waals surface area (Å²) in [5.74, 6) is -0.538. The van der Waals surface area contributed by atoms with Crippen LogP contribution in [0.2, 0.25) is 0 Å². The highest BCUT2D eigenvalue weighted by atomic mass is 16.5. The standard InChI is InChI=1S/C58H99NO5/c1-4-7-10-13-16-19-22-25-26-27-28-29-30-33-36-39-42-45-48-51-58(63)64-54(49-46-43-40-37-34-31-23-20-17-14-11-8-5-2)52-57(62)59-55(53-60)56(61)50-47-44-41-38-35-32-24-21-18-15-12-9-6-3/h7-8,10-11,14,16-17,19-20,23,25-26,28-29,33,36,54-56,60-61H,4-6,9,12-13,15,18,21-22,24,27,30-32,34-35,37-53H2,1-3H3,(H,59,62)/b10-7-,11-8+,17-14+,19-16-,23-20+,26-25-,29-28-,36-33-. The molecule has 6 heteroatoms. The van der Waals surface area contributed by atoms with E-state index in [1.54, 1.807) is 0 Å². The molecule has 0 bridgehead atoms. The number of nitrogens with one attached hydrogen (secondary N) is 1. The van der Waals surface area contributed by atoms with Gasteiger partial charge in [-0.15, -0.1) is 0 Å². The van der Waals surface area contributed by atoms with Crippen LogP contribution in [0, 0.1) is 0 Å². The monoisotopic (exact) mass is 890 g/mol. The van der Waals surface area contributed by atoms with Crippen molar-refractivity contribution in [3.63, 3.8) is 0 Å². The van der Waals surface area contributed by atoms with Crippen LogP contribution < -0.4 is 5.32 Å². The molecule has 64 heavy (non-hydrogen) atoms. The third kappa shape index (κ3) is 45.4. The molecule has 0 aliphatic heterocycles. The number of amides is 1. The molecule has 0 fully saturated rings. The number of rotatable bonds is 46. The molecule has 1 amide bonds. The molecule has 6 nitrogen and oxygen atoms in total. The number of unbranched alkanes of at least 4 members (excludes halogenated alkanes) is 20. The van der Waals surface area contributed by atoms with E-state index < -0.39 is 18.2 Å². The van der Waals surface area contributed by atoms with Crippen molar-refractivity contribution in [2.24, 2.45) is 0 Å². The van der Waals surface area contributed by atoms with Crippen molar-refractivity contribution in [2.75, 3.05) is 6.61 Å². The Kier molecular flexibility index (Phi) is 48.2. The summed E-state index contributed by atoms with van der Waals surface area (Å²) in [5, 5.41) is 23.8. The van der Waals surface area contributed by atoms with Gasteiger partial charge in [0.05, 0.1) is 25.2 Å². The number of carbonyl (C=O) groups excluding carboxylic acids is 2. The molecule has 3 N–H and O–H groups in total. The van der Waals surface area contributed by atoms with Gasteiger partial charge < -0.3 is 20.3 Å². The Morgan fingerprint density at radius 2 is 0.922 bits per heavy atom. The molecule has 0 saturated heterocycles. The Bertz CT molecular complexity index is 1270. The van der Waals surface area contributed by atoms with E-state index >= 15 is 0 Å². The summed E-state index contributed by atoms with van der Waals surface area (Å²) in [7, 11) is 0. The zero-order chi connectivity index (χ0) is 46.7. The highest BCUT2D eigenvalue weighted by Crippen LogP contribution is 2.17. The van der Waals surface area contributed by atoms with Crippen molar-refractivity contribution in [2.45, 2.75) is 251 Å². The molecule has 0 rings (SSSR count). The number of allylic oxidation sites excluding steroid dienone is 16. The lowest BCUT2D eigenvalue weighted by Gasteiger charge is -2.24. The van der Waals surface area contributed by atoms with Crippen molar-refractivity contribution in [3.05, 3.63) is 97.2 Å². The first-order chi connectivity index (χ1) is 31.5. The topological polar surface area (TPSA) is 95.9 Å². The molecular weight excluding hydrogens is 791 g/mol. The number of aliphatic hydroxyl groups is 2. The molecular formula is C58H99NO5. The van der Waals surface area contributed by atoms with Gasteiger partial charge in [0.2, 0.25) is 5.91 Å². The van der Waals surface area contributed by atoms with E-state index in [0.29, 0.717) is 19.3 Å². The SMILES string of the molecule is CC/C=C\C/C=C\C/C=C\C/C=C\C/C=C\CCCCCC(=O)OC(CCCCCCC/C=C/C=C/C=C/CC)CC(=O)NC(CO)C(O)CCCCCCCCCCCCCCC. The fourth-order valence-electron chi connectivity index (χ4n) is 7.52. The van der Waals surface area contributed by atoms with Crippen LogP contribution in [0.5, 0.6) is 0 Å². The second kappa shape index (κ2) is 50.8. The van der Waals surface area contributed by atoms with E-state index in [4.69, 9.17) is 4.74 Å². The number of carbonyl (C=O) groups is 2. The average molecular weight is 890 g/mol. The molecule has 0 aromatic heterocycles. The van der Waals surface area contributed by atoms with E-state index in [0.717, 1.165) is 122 Å². The molecule has 0 aliphatic rings. The zero-order valence-corrected chi connectivity index (χ0v) is 41.6. The fourth-order valence-corrected chi connectivity index (χ4v) is 7.52. The van der Waals surface area contributed by atoms with Gasteiger partial charge in [0.25, 0.3) is 0 Å². The molecule has 0 heterocycles. The molecule has 0 aromatic carbocycles. The zero-order valence-electron chi connectivity index (χ0n) is 41.6. The summed E-state index contributed by atoms with van der Waals surface area (Å²) in [6, 6.07) is -0.721. The molecule has 0 aliphatic carbocycles. The molecule has 3 unspecified atom stereocenters. The van der Waals surface area contributed by atoms with E-state index in [2.05, 4.69) is 123 Å². The van der Waals surface area contributed by atoms with Crippen LogP contribution in [-0.4, -0.2) is 46.9 Å². The van der Waals surface area contributed by atoms with Crippen LogP contribution in [0.3, 0.4) is 0 Å². The van der Waals surface area contributed by atoms with Gasteiger partial charge in [0.1, 0.15) is 6.10 Å². The minimum absolute atomic E-state index is 0.0452. The Balaban J connectivity index is 4.65. The molecule has 3 atom stereocenters. The molecule has 0 radical (unpaired) electrons. The fraction of sp³-hybridized carbons (Fsp3) is 0.690. The average Bonchev–Trinajstić information content (AvgIpc) is 3.29. The molecule has 0 saturated carbocycles. The van der Waals surface area contributed by atoms with Gasteiger partial charge in [-0.2, -0.15) is 0 Å². The maximum Gasteiger partial charge on any atom is 0.306 e. The Labute approximate surface area is 395 Å². The summed E-state index contributed by atoms with van der Waals surface area (Å²) in [6.07, 6.45) is 67.5. The largest absolute Gasteiger partial charge is 0.462 e. The first-order valence-corrected chi connectivity index (χ1v) is 26.5. The second-order valence-electron chi connectivity index (χ2n) is 17.6. The van der Waals surface area contributed by atoms with Gasteiger partial charge in [-0.25, -0.2) is 0 Å². The smallest absolute Gasteiger partial charge is 0.306 e. The highest BCUT2D eigenvalue weighted by Gasteiger charge is 2.24. The summed E-state index contributed by atoms with van der Waals surface area (Å²) < 4.78 is 5.92. The summed E-state index contributed by atoms with van der Waals surface area (Å²) in [4.78, 5) is 26.2. The van der Waals surface area contributed by atoms with Crippen molar-refractivity contribution >= 4 is 11.9 Å². The van der Waals surface area contributed by atoms with Crippen molar-refractivity contribution in [3.8, 4) is 0 Å². The summed E-state index contributed by atoms with van der Waals surface area (Å²) in [6.45, 7) is 6.22. The van der Waals surface area contributed by atoms with E-state index in [1.807, 2.05) is 0 Å². The van der Waals surface area contributed by atoms with Crippen LogP contribution in [0.4, 0.5) is 0 Å². The van der Waals surface area contributed by atoms with Crippen LogP contribution in [0.15, 0.2) is 97.2 Å². The predicted octanol–water partition coefficient (Wildman–Crippen LogP) is 16.1. The second-order valence-corrected chi connectivity index (χ2v) is 17.6. The molecule has 0 spiro atoms. The number of ether oxygens (including phenoxy) is 1. The quantitative estimate of drug-likeness (QED) is 0.0245. The van der Waals surface area contributed by atoms with Gasteiger partial charge >= 0.3 is 5.97 Å². The first kappa shape index (κ1) is 60.8. The Morgan fingerprint density at radius 1 is 0.484 bits per heavy atom. The minimum Gasteiger partial charge on any atom is -0.462 e. The van der Waals surface area contributed by atoms with E-state index in [-0.39, 0.29) is 24.9 Å². The number of hydrogen-bond donors (Lipinski definition) is 3. The first-order valence-electron chi connectivity index (χ1n) is 26.5. The lowest BCUT2D eigenvalue weighted by atomic mass is 10.0. The molecule has 366 valence electrons. The summed E-state index contributed by atoms with van der Waals surface area (Å²) in [5.41, 5.74) is 0. The van der Waals surface area contributed by atoms with E-state index in [1.165, 1.54) is 64.2 Å². The normalized spacial score (nSPS) is 14.0. The maximum absolute atomic E-state index is 13.2.